The van der Waals surface area contributed by atoms with Crippen LogP contribution < -0.4 is 10.6 Å². The number of ether oxygens (including phenoxy) is 1. The second-order valence-electron chi connectivity index (χ2n) is 5.82. The number of nitrogens with zero attached hydrogens (tertiary/aromatic N) is 2. The number of benzene rings is 1. The topological polar surface area (TPSA) is 68.2 Å². The second kappa shape index (κ2) is 7.28. The third-order valence-corrected chi connectivity index (χ3v) is 4.10. The maximum absolute atomic E-state index is 12.3. The Morgan fingerprint density at radius 3 is 2.91 bits per heavy atom. The molecule has 122 valence electrons. The van der Waals surface area contributed by atoms with Crippen LogP contribution in [0.3, 0.4) is 0 Å². The average Bonchev–Trinajstić information content (AvgIpc) is 3.23. The molecule has 6 heteroatoms. The maximum Gasteiger partial charge on any atom is 0.315 e. The Morgan fingerprint density at radius 2 is 2.26 bits per heavy atom. The highest BCUT2D eigenvalue weighted by atomic mass is 16.5. The number of aryl methyl sites for hydroxylation is 1. The van der Waals surface area contributed by atoms with Crippen LogP contribution in [0.5, 0.6) is 0 Å². The minimum absolute atomic E-state index is 0.186. The largest absolute Gasteiger partial charge is 0.381 e. The van der Waals surface area contributed by atoms with Gasteiger partial charge in [-0.05, 0) is 12.0 Å². The van der Waals surface area contributed by atoms with Gasteiger partial charge in [0.1, 0.15) is 11.9 Å². The SMILES string of the molecule is Cn1ccnc1[C@@H](NC(=O)NC[C@H]1CCOC1)c1ccccc1. The number of nitrogens with one attached hydrogen (secondary N) is 2. The van der Waals surface area contributed by atoms with Crippen LogP contribution in [-0.2, 0) is 11.8 Å². The van der Waals surface area contributed by atoms with Crippen molar-refractivity contribution in [3.8, 4) is 0 Å². The quantitative estimate of drug-likeness (QED) is 0.885. The number of carbonyl (C=O) groups is 1. The number of amides is 2. The molecule has 1 aliphatic rings. The molecule has 6 nitrogen and oxygen atoms in total. The van der Waals surface area contributed by atoms with Crippen molar-refractivity contribution in [1.29, 1.82) is 0 Å². The third-order valence-electron chi connectivity index (χ3n) is 4.10. The summed E-state index contributed by atoms with van der Waals surface area (Å²) in [6.07, 6.45) is 4.61. The summed E-state index contributed by atoms with van der Waals surface area (Å²) in [6, 6.07) is 9.39. The smallest absolute Gasteiger partial charge is 0.315 e. The molecule has 0 radical (unpaired) electrons. The molecule has 0 unspecified atom stereocenters. The maximum atomic E-state index is 12.3. The Balaban J connectivity index is 1.68. The molecule has 2 N–H and O–H groups in total. The number of carbonyl (C=O) groups excluding carboxylic acids is 1. The van der Waals surface area contributed by atoms with E-state index < -0.39 is 0 Å². The van der Waals surface area contributed by atoms with Crippen LogP contribution in [-0.4, -0.2) is 35.3 Å². The summed E-state index contributed by atoms with van der Waals surface area (Å²) in [4.78, 5) is 16.7. The van der Waals surface area contributed by atoms with Gasteiger partial charge >= 0.3 is 6.03 Å². The predicted molar refractivity (Wildman–Crippen MR) is 87.0 cm³/mol. The Kier molecular flexibility index (Phi) is 4.92. The van der Waals surface area contributed by atoms with Crippen molar-refractivity contribution in [3.63, 3.8) is 0 Å². The zero-order valence-corrected chi connectivity index (χ0v) is 13.2. The molecule has 1 fully saturated rings. The molecule has 0 aliphatic carbocycles. The first-order chi connectivity index (χ1) is 11.2. The molecule has 1 aliphatic heterocycles. The number of imidazole rings is 1. The summed E-state index contributed by atoms with van der Waals surface area (Å²) >= 11 is 0. The minimum Gasteiger partial charge on any atom is -0.381 e. The number of aromatic nitrogens is 2. The summed E-state index contributed by atoms with van der Waals surface area (Å²) in [5.41, 5.74) is 1.00. The Bertz CT molecular complexity index is 635. The van der Waals surface area contributed by atoms with Crippen molar-refractivity contribution in [2.45, 2.75) is 12.5 Å². The van der Waals surface area contributed by atoms with Gasteiger partial charge < -0.3 is 19.9 Å². The van der Waals surface area contributed by atoms with Crippen LogP contribution in [0, 0.1) is 5.92 Å². The zero-order chi connectivity index (χ0) is 16.1. The third kappa shape index (κ3) is 3.90. The van der Waals surface area contributed by atoms with E-state index in [1.54, 1.807) is 6.20 Å². The molecule has 0 saturated carbocycles. The van der Waals surface area contributed by atoms with Crippen molar-refractivity contribution >= 4 is 6.03 Å². The van der Waals surface area contributed by atoms with Crippen LogP contribution in [0.2, 0.25) is 0 Å². The molecule has 2 atom stereocenters. The molecular formula is C17H22N4O2. The lowest BCUT2D eigenvalue weighted by molar-refractivity contribution is 0.185. The highest BCUT2D eigenvalue weighted by Crippen LogP contribution is 2.20. The van der Waals surface area contributed by atoms with Gasteiger partial charge in [0.2, 0.25) is 0 Å². The summed E-state index contributed by atoms with van der Waals surface area (Å²) in [5, 5.41) is 5.97. The van der Waals surface area contributed by atoms with Gasteiger partial charge in [0.25, 0.3) is 0 Å². The van der Waals surface area contributed by atoms with E-state index >= 15 is 0 Å². The van der Waals surface area contributed by atoms with Crippen LogP contribution in [0.15, 0.2) is 42.7 Å². The van der Waals surface area contributed by atoms with E-state index in [0.717, 1.165) is 31.0 Å². The van der Waals surface area contributed by atoms with Crippen molar-refractivity contribution in [2.24, 2.45) is 13.0 Å². The molecule has 3 rings (SSSR count). The molecule has 1 aromatic heterocycles. The molecule has 2 aromatic rings. The molecule has 0 spiro atoms. The molecule has 1 aromatic carbocycles. The number of hydrogen-bond donors (Lipinski definition) is 2. The molecule has 0 bridgehead atoms. The summed E-state index contributed by atoms with van der Waals surface area (Å²) in [5.74, 6) is 1.21. The van der Waals surface area contributed by atoms with Gasteiger partial charge in [0, 0.05) is 38.5 Å². The van der Waals surface area contributed by atoms with E-state index in [-0.39, 0.29) is 12.1 Å². The van der Waals surface area contributed by atoms with E-state index in [1.165, 1.54) is 0 Å². The molecule has 1 saturated heterocycles. The van der Waals surface area contributed by atoms with Gasteiger partial charge in [-0.15, -0.1) is 0 Å². The van der Waals surface area contributed by atoms with Crippen LogP contribution in [0.1, 0.15) is 23.9 Å². The lowest BCUT2D eigenvalue weighted by Gasteiger charge is -2.20. The average molecular weight is 314 g/mol. The van der Waals surface area contributed by atoms with Gasteiger partial charge in [-0.3, -0.25) is 0 Å². The van der Waals surface area contributed by atoms with E-state index in [9.17, 15) is 4.79 Å². The fourth-order valence-corrected chi connectivity index (χ4v) is 2.76. The number of urea groups is 1. The monoisotopic (exact) mass is 314 g/mol. The standard InChI is InChI=1S/C17H22N4O2/c1-21-9-8-18-16(21)15(14-5-3-2-4-6-14)20-17(22)19-11-13-7-10-23-12-13/h2-6,8-9,13,15H,7,10-12H2,1H3,(H2,19,20,22)/t13-,15+/m1/s1. The number of hydrogen-bond acceptors (Lipinski definition) is 3. The predicted octanol–water partition coefficient (Wildman–Crippen LogP) is 1.85. The van der Waals surface area contributed by atoms with Gasteiger partial charge in [-0.25, -0.2) is 9.78 Å². The summed E-state index contributed by atoms with van der Waals surface area (Å²) in [6.45, 7) is 2.14. The Hall–Kier alpha value is -2.34. The number of rotatable bonds is 5. The van der Waals surface area contributed by atoms with E-state index in [0.29, 0.717) is 12.5 Å². The first kappa shape index (κ1) is 15.6. The second-order valence-corrected chi connectivity index (χ2v) is 5.82. The molecule has 23 heavy (non-hydrogen) atoms. The highest BCUT2D eigenvalue weighted by Gasteiger charge is 2.21. The van der Waals surface area contributed by atoms with Crippen LogP contribution in [0.4, 0.5) is 4.79 Å². The fourth-order valence-electron chi connectivity index (χ4n) is 2.76. The highest BCUT2D eigenvalue weighted by molar-refractivity contribution is 5.74. The first-order valence-corrected chi connectivity index (χ1v) is 7.88. The zero-order valence-electron chi connectivity index (χ0n) is 13.2. The van der Waals surface area contributed by atoms with Gasteiger partial charge in [-0.2, -0.15) is 0 Å². The lowest BCUT2D eigenvalue weighted by Crippen LogP contribution is -2.41. The van der Waals surface area contributed by atoms with Crippen molar-refractivity contribution in [3.05, 3.63) is 54.1 Å². The molecular weight excluding hydrogens is 292 g/mol. The Morgan fingerprint density at radius 1 is 1.43 bits per heavy atom. The van der Waals surface area contributed by atoms with E-state index in [4.69, 9.17) is 4.74 Å². The minimum atomic E-state index is -0.281. The summed E-state index contributed by atoms with van der Waals surface area (Å²) < 4.78 is 7.25. The van der Waals surface area contributed by atoms with Gasteiger partial charge in [0.05, 0.1) is 6.61 Å². The Labute approximate surface area is 135 Å². The van der Waals surface area contributed by atoms with E-state index in [2.05, 4.69) is 15.6 Å². The van der Waals surface area contributed by atoms with Crippen LogP contribution in [0.25, 0.3) is 0 Å². The summed E-state index contributed by atoms with van der Waals surface area (Å²) in [7, 11) is 1.92. The van der Waals surface area contributed by atoms with Crippen LogP contribution >= 0.6 is 0 Å². The fraction of sp³-hybridized carbons (Fsp3) is 0.412. The van der Waals surface area contributed by atoms with E-state index in [1.807, 2.05) is 48.1 Å². The molecule has 2 heterocycles. The first-order valence-electron chi connectivity index (χ1n) is 7.88. The molecule has 2 amide bonds. The normalized spacial score (nSPS) is 18.6. The van der Waals surface area contributed by atoms with Crippen molar-refractivity contribution in [2.75, 3.05) is 19.8 Å². The van der Waals surface area contributed by atoms with Crippen molar-refractivity contribution in [1.82, 2.24) is 20.2 Å². The van der Waals surface area contributed by atoms with Gasteiger partial charge in [-0.1, -0.05) is 30.3 Å². The lowest BCUT2D eigenvalue weighted by atomic mass is 10.1. The van der Waals surface area contributed by atoms with Gasteiger partial charge in [0.15, 0.2) is 0 Å². The van der Waals surface area contributed by atoms with Crippen molar-refractivity contribution < 1.29 is 9.53 Å².